The zero-order chi connectivity index (χ0) is 10.8. The highest BCUT2D eigenvalue weighted by Gasteiger charge is 2.09. The van der Waals surface area contributed by atoms with Crippen LogP contribution in [0.3, 0.4) is 0 Å². The molecular formula is C9H9N3O2S. The lowest BCUT2D eigenvalue weighted by Crippen LogP contribution is -2.20. The minimum Gasteiger partial charge on any atom is -0.303 e. The molecule has 2 heterocycles. The zero-order valence-corrected chi connectivity index (χ0v) is 8.95. The van der Waals surface area contributed by atoms with Gasteiger partial charge in [0.25, 0.3) is 5.56 Å². The predicted molar refractivity (Wildman–Crippen MR) is 57.1 cm³/mol. The van der Waals surface area contributed by atoms with Crippen LogP contribution < -0.4 is 5.56 Å². The summed E-state index contributed by atoms with van der Waals surface area (Å²) in [6.07, 6.45) is 2.57. The Bertz CT molecular complexity index is 558. The van der Waals surface area contributed by atoms with E-state index in [4.69, 9.17) is 0 Å². The molecule has 0 fully saturated rings. The van der Waals surface area contributed by atoms with Gasteiger partial charge < -0.3 is 4.79 Å². The van der Waals surface area contributed by atoms with Crippen molar-refractivity contribution in [1.29, 1.82) is 0 Å². The normalized spacial score (nSPS) is 10.7. The molecule has 0 atom stereocenters. The Labute approximate surface area is 89.5 Å². The Morgan fingerprint density at radius 2 is 2.40 bits per heavy atom. The molecule has 0 unspecified atom stereocenters. The van der Waals surface area contributed by atoms with Crippen LogP contribution in [0.1, 0.15) is 12.1 Å². The number of hydrogen-bond donors (Lipinski definition) is 0. The molecule has 6 heteroatoms. The van der Waals surface area contributed by atoms with Crippen LogP contribution >= 0.6 is 11.5 Å². The summed E-state index contributed by atoms with van der Waals surface area (Å²) in [7, 11) is 0. The molecule has 0 saturated carbocycles. The maximum Gasteiger partial charge on any atom is 0.263 e. The number of rotatable bonds is 3. The van der Waals surface area contributed by atoms with E-state index in [9.17, 15) is 9.59 Å². The molecule has 0 aliphatic carbocycles. The summed E-state index contributed by atoms with van der Waals surface area (Å²) in [6.45, 7) is 2.16. The number of hydrogen-bond acceptors (Lipinski definition) is 5. The standard InChI is InChI=1S/C9H9N3O2S/c1-6-7-8(15-11-6)10-5-12(9(7)14)3-2-4-13/h4-5H,2-3H2,1H3. The van der Waals surface area contributed by atoms with Gasteiger partial charge in [0, 0.05) is 13.0 Å². The van der Waals surface area contributed by atoms with Crippen molar-refractivity contribution in [1.82, 2.24) is 13.9 Å². The van der Waals surface area contributed by atoms with Crippen molar-refractivity contribution in [3.05, 3.63) is 22.4 Å². The average Bonchev–Trinajstić information content (AvgIpc) is 2.60. The van der Waals surface area contributed by atoms with E-state index < -0.39 is 0 Å². The van der Waals surface area contributed by atoms with Gasteiger partial charge in [-0.15, -0.1) is 0 Å². The van der Waals surface area contributed by atoms with E-state index in [0.29, 0.717) is 28.9 Å². The van der Waals surface area contributed by atoms with E-state index in [2.05, 4.69) is 9.36 Å². The summed E-state index contributed by atoms with van der Waals surface area (Å²) in [6, 6.07) is 0. The van der Waals surface area contributed by atoms with Crippen LogP contribution in [0.25, 0.3) is 10.2 Å². The second-order valence-electron chi connectivity index (χ2n) is 3.15. The predicted octanol–water partition coefficient (Wildman–Crippen LogP) is 0.750. The molecule has 2 aromatic heterocycles. The van der Waals surface area contributed by atoms with Crippen LogP contribution in [0.15, 0.2) is 11.1 Å². The van der Waals surface area contributed by atoms with Gasteiger partial charge in [0.2, 0.25) is 0 Å². The van der Waals surface area contributed by atoms with Gasteiger partial charge in [-0.05, 0) is 18.5 Å². The third kappa shape index (κ3) is 1.68. The summed E-state index contributed by atoms with van der Waals surface area (Å²) >= 11 is 1.22. The summed E-state index contributed by atoms with van der Waals surface area (Å²) in [4.78, 5) is 26.9. The molecule has 78 valence electrons. The molecule has 5 nitrogen and oxygen atoms in total. The van der Waals surface area contributed by atoms with Gasteiger partial charge in [-0.25, -0.2) is 4.98 Å². The molecule has 2 aromatic rings. The van der Waals surface area contributed by atoms with Gasteiger partial charge in [0.15, 0.2) is 4.83 Å². The van der Waals surface area contributed by atoms with Crippen LogP contribution in [-0.2, 0) is 11.3 Å². The fourth-order valence-electron chi connectivity index (χ4n) is 1.36. The Morgan fingerprint density at radius 3 is 3.13 bits per heavy atom. The molecular weight excluding hydrogens is 214 g/mol. The van der Waals surface area contributed by atoms with Crippen molar-refractivity contribution in [3.8, 4) is 0 Å². The summed E-state index contributed by atoms with van der Waals surface area (Å²) in [5.41, 5.74) is 0.584. The molecule has 2 rings (SSSR count). The van der Waals surface area contributed by atoms with Gasteiger partial charge in [0.05, 0.1) is 17.4 Å². The Kier molecular flexibility index (Phi) is 2.59. The highest BCUT2D eigenvalue weighted by atomic mass is 32.1. The molecule has 0 bridgehead atoms. The highest BCUT2D eigenvalue weighted by Crippen LogP contribution is 2.14. The van der Waals surface area contributed by atoms with Gasteiger partial charge in [-0.1, -0.05) is 0 Å². The van der Waals surface area contributed by atoms with Crippen molar-refractivity contribution in [2.45, 2.75) is 19.9 Å². The van der Waals surface area contributed by atoms with Crippen molar-refractivity contribution in [2.24, 2.45) is 0 Å². The fourth-order valence-corrected chi connectivity index (χ4v) is 2.10. The van der Waals surface area contributed by atoms with Crippen molar-refractivity contribution in [2.75, 3.05) is 0 Å². The minimum absolute atomic E-state index is 0.117. The van der Waals surface area contributed by atoms with Gasteiger partial charge >= 0.3 is 0 Å². The summed E-state index contributed by atoms with van der Waals surface area (Å²) < 4.78 is 5.52. The molecule has 0 amide bonds. The molecule has 0 aliphatic rings. The lowest BCUT2D eigenvalue weighted by atomic mass is 10.3. The van der Waals surface area contributed by atoms with Crippen LogP contribution in [-0.4, -0.2) is 20.2 Å². The van der Waals surface area contributed by atoms with Crippen LogP contribution in [0.5, 0.6) is 0 Å². The smallest absolute Gasteiger partial charge is 0.263 e. The van der Waals surface area contributed by atoms with Crippen molar-refractivity contribution < 1.29 is 4.79 Å². The minimum atomic E-state index is -0.117. The topological polar surface area (TPSA) is 64.8 Å². The second-order valence-corrected chi connectivity index (χ2v) is 3.90. The molecule has 0 aromatic carbocycles. The van der Waals surface area contributed by atoms with E-state index in [1.54, 1.807) is 6.92 Å². The number of carbonyl (C=O) groups excluding carboxylic acids is 1. The van der Waals surface area contributed by atoms with Gasteiger partial charge in [0.1, 0.15) is 6.29 Å². The number of fused-ring (bicyclic) bond motifs is 1. The molecule has 0 saturated heterocycles. The molecule has 0 radical (unpaired) electrons. The number of aldehydes is 1. The summed E-state index contributed by atoms with van der Waals surface area (Å²) in [5.74, 6) is 0. The van der Waals surface area contributed by atoms with Crippen LogP contribution in [0, 0.1) is 6.92 Å². The number of nitrogens with zero attached hydrogens (tertiary/aromatic N) is 3. The van der Waals surface area contributed by atoms with E-state index in [1.807, 2.05) is 0 Å². The Hall–Kier alpha value is -1.56. The second kappa shape index (κ2) is 3.90. The van der Waals surface area contributed by atoms with Crippen LogP contribution in [0.2, 0.25) is 0 Å². The summed E-state index contributed by atoms with van der Waals surface area (Å²) in [5, 5.41) is 0.563. The zero-order valence-electron chi connectivity index (χ0n) is 8.14. The van der Waals surface area contributed by atoms with E-state index in [-0.39, 0.29) is 5.56 Å². The van der Waals surface area contributed by atoms with E-state index >= 15 is 0 Å². The largest absolute Gasteiger partial charge is 0.303 e. The van der Waals surface area contributed by atoms with E-state index in [0.717, 1.165) is 6.29 Å². The quantitative estimate of drug-likeness (QED) is 0.720. The lowest BCUT2D eigenvalue weighted by molar-refractivity contribution is -0.108. The maximum atomic E-state index is 11.9. The highest BCUT2D eigenvalue weighted by molar-refractivity contribution is 7.12. The fraction of sp³-hybridized carbons (Fsp3) is 0.333. The third-order valence-corrected chi connectivity index (χ3v) is 2.97. The Morgan fingerprint density at radius 1 is 1.60 bits per heavy atom. The van der Waals surface area contributed by atoms with Gasteiger partial charge in [-0.3, -0.25) is 9.36 Å². The first-order valence-corrected chi connectivity index (χ1v) is 5.26. The molecule has 0 aliphatic heterocycles. The van der Waals surface area contributed by atoms with Gasteiger partial charge in [-0.2, -0.15) is 4.37 Å². The Balaban J connectivity index is 2.58. The third-order valence-electron chi connectivity index (χ3n) is 2.12. The number of aryl methyl sites for hydroxylation is 2. The van der Waals surface area contributed by atoms with Crippen molar-refractivity contribution >= 4 is 28.0 Å². The van der Waals surface area contributed by atoms with Crippen molar-refractivity contribution in [3.63, 3.8) is 0 Å². The molecule has 0 spiro atoms. The SMILES string of the molecule is Cc1nsc2ncn(CCC=O)c(=O)c12. The maximum absolute atomic E-state index is 11.9. The number of carbonyl (C=O) groups is 1. The van der Waals surface area contributed by atoms with E-state index in [1.165, 1.54) is 22.4 Å². The average molecular weight is 223 g/mol. The lowest BCUT2D eigenvalue weighted by Gasteiger charge is -2.01. The number of aromatic nitrogens is 3. The first-order chi connectivity index (χ1) is 7.24. The van der Waals surface area contributed by atoms with Crippen LogP contribution in [0.4, 0.5) is 0 Å². The molecule has 15 heavy (non-hydrogen) atoms. The monoisotopic (exact) mass is 223 g/mol. The first kappa shape index (κ1) is 9.97. The first-order valence-electron chi connectivity index (χ1n) is 4.49. The molecule has 0 N–H and O–H groups in total.